The van der Waals surface area contributed by atoms with Crippen LogP contribution in [-0.2, 0) is 16.0 Å². The molecule has 0 bridgehead atoms. The first-order valence-electron chi connectivity index (χ1n) is 8.22. The standard InChI is InChI=1S/C17H19N5O2/c23-16(20-7-8-22(15-5-6-15)17(24)10-20)9-13-1-3-14(4-2-13)21-11-18-19-12-21/h1-4,11-12,15H,5-10H2. The first kappa shape index (κ1) is 14.9. The molecular weight excluding hydrogens is 306 g/mol. The summed E-state index contributed by atoms with van der Waals surface area (Å²) in [6, 6.07) is 8.15. The molecule has 2 aromatic rings. The Morgan fingerprint density at radius 2 is 1.79 bits per heavy atom. The second kappa shape index (κ2) is 6.07. The summed E-state index contributed by atoms with van der Waals surface area (Å²) in [5.41, 5.74) is 1.89. The molecule has 4 rings (SSSR count). The lowest BCUT2D eigenvalue weighted by molar-refractivity contribution is -0.145. The van der Waals surface area contributed by atoms with Crippen molar-refractivity contribution in [2.75, 3.05) is 19.6 Å². The molecule has 0 atom stereocenters. The van der Waals surface area contributed by atoms with Crippen LogP contribution in [0.3, 0.4) is 0 Å². The third kappa shape index (κ3) is 3.02. The molecule has 1 saturated carbocycles. The van der Waals surface area contributed by atoms with Gasteiger partial charge in [0.25, 0.3) is 0 Å². The molecule has 24 heavy (non-hydrogen) atoms. The van der Waals surface area contributed by atoms with Crippen molar-refractivity contribution in [3.05, 3.63) is 42.5 Å². The van der Waals surface area contributed by atoms with E-state index in [4.69, 9.17) is 0 Å². The van der Waals surface area contributed by atoms with E-state index in [0.717, 1.165) is 24.1 Å². The van der Waals surface area contributed by atoms with Crippen LogP contribution in [0.5, 0.6) is 0 Å². The second-order valence-electron chi connectivity index (χ2n) is 6.35. The summed E-state index contributed by atoms with van der Waals surface area (Å²) >= 11 is 0. The van der Waals surface area contributed by atoms with Crippen molar-refractivity contribution < 1.29 is 9.59 Å². The van der Waals surface area contributed by atoms with Crippen LogP contribution >= 0.6 is 0 Å². The zero-order valence-electron chi connectivity index (χ0n) is 13.3. The predicted octanol–water partition coefficient (Wildman–Crippen LogP) is 0.643. The molecule has 2 fully saturated rings. The molecule has 7 heteroatoms. The Hall–Kier alpha value is -2.70. The molecular formula is C17H19N5O2. The number of nitrogens with zero attached hydrogens (tertiary/aromatic N) is 5. The van der Waals surface area contributed by atoms with Crippen LogP contribution in [0, 0.1) is 0 Å². The minimum atomic E-state index is 0.0100. The Morgan fingerprint density at radius 1 is 1.08 bits per heavy atom. The number of carbonyl (C=O) groups excluding carboxylic acids is 2. The molecule has 1 saturated heterocycles. The topological polar surface area (TPSA) is 71.3 Å². The summed E-state index contributed by atoms with van der Waals surface area (Å²) < 4.78 is 1.81. The summed E-state index contributed by atoms with van der Waals surface area (Å²) in [7, 11) is 0. The molecule has 2 aliphatic rings. The second-order valence-corrected chi connectivity index (χ2v) is 6.35. The average Bonchev–Trinajstić information content (AvgIpc) is 3.28. The van der Waals surface area contributed by atoms with Crippen LogP contribution < -0.4 is 0 Å². The Kier molecular flexibility index (Phi) is 3.76. The predicted molar refractivity (Wildman–Crippen MR) is 86.4 cm³/mol. The van der Waals surface area contributed by atoms with Gasteiger partial charge in [0.05, 0.1) is 13.0 Å². The number of amides is 2. The van der Waals surface area contributed by atoms with Crippen LogP contribution in [0.1, 0.15) is 18.4 Å². The highest BCUT2D eigenvalue weighted by Gasteiger charge is 2.36. The van der Waals surface area contributed by atoms with Crippen LogP contribution in [0.25, 0.3) is 5.69 Å². The fourth-order valence-corrected chi connectivity index (χ4v) is 3.08. The van der Waals surface area contributed by atoms with Gasteiger partial charge in [0.2, 0.25) is 11.8 Å². The molecule has 1 aromatic heterocycles. The van der Waals surface area contributed by atoms with Crippen LogP contribution in [-0.4, -0.2) is 62.1 Å². The number of hydrogen-bond donors (Lipinski definition) is 0. The van der Waals surface area contributed by atoms with Crippen LogP contribution in [0.2, 0.25) is 0 Å². The first-order valence-corrected chi connectivity index (χ1v) is 8.22. The van der Waals surface area contributed by atoms with Gasteiger partial charge in [0.15, 0.2) is 0 Å². The number of carbonyl (C=O) groups is 2. The summed E-state index contributed by atoms with van der Waals surface area (Å²) in [4.78, 5) is 28.2. The Morgan fingerprint density at radius 3 is 2.42 bits per heavy atom. The highest BCUT2D eigenvalue weighted by Crippen LogP contribution is 2.28. The molecule has 124 valence electrons. The monoisotopic (exact) mass is 325 g/mol. The third-order valence-corrected chi connectivity index (χ3v) is 4.61. The fourth-order valence-electron chi connectivity index (χ4n) is 3.08. The van der Waals surface area contributed by atoms with Crippen molar-refractivity contribution in [3.8, 4) is 5.69 Å². The lowest BCUT2D eigenvalue weighted by atomic mass is 10.1. The van der Waals surface area contributed by atoms with Gasteiger partial charge in [-0.2, -0.15) is 0 Å². The van der Waals surface area contributed by atoms with E-state index in [2.05, 4.69) is 10.2 Å². The van der Waals surface area contributed by atoms with Crippen molar-refractivity contribution in [2.24, 2.45) is 0 Å². The van der Waals surface area contributed by atoms with E-state index in [-0.39, 0.29) is 18.4 Å². The zero-order chi connectivity index (χ0) is 16.5. The van der Waals surface area contributed by atoms with Gasteiger partial charge in [-0.15, -0.1) is 10.2 Å². The van der Waals surface area contributed by atoms with Gasteiger partial charge < -0.3 is 9.80 Å². The molecule has 0 radical (unpaired) electrons. The molecule has 2 heterocycles. The van der Waals surface area contributed by atoms with Crippen molar-refractivity contribution in [1.82, 2.24) is 24.6 Å². The molecule has 1 aliphatic carbocycles. The Bertz CT molecular complexity index is 737. The summed E-state index contributed by atoms with van der Waals surface area (Å²) in [6.07, 6.45) is 5.80. The van der Waals surface area contributed by atoms with E-state index >= 15 is 0 Å². The summed E-state index contributed by atoms with van der Waals surface area (Å²) in [5.74, 6) is 0.0934. The van der Waals surface area contributed by atoms with Gasteiger partial charge in [-0.25, -0.2) is 0 Å². The normalized spacial score (nSPS) is 18.1. The molecule has 0 unspecified atom stereocenters. The fraction of sp³-hybridized carbons (Fsp3) is 0.412. The van der Waals surface area contributed by atoms with E-state index in [1.165, 1.54) is 0 Å². The van der Waals surface area contributed by atoms with Crippen molar-refractivity contribution in [1.29, 1.82) is 0 Å². The number of rotatable bonds is 4. The van der Waals surface area contributed by atoms with E-state index in [9.17, 15) is 9.59 Å². The molecule has 2 amide bonds. The average molecular weight is 325 g/mol. The summed E-state index contributed by atoms with van der Waals surface area (Å²) in [6.45, 7) is 1.52. The molecule has 0 spiro atoms. The quantitative estimate of drug-likeness (QED) is 0.827. The molecule has 7 nitrogen and oxygen atoms in total. The van der Waals surface area contributed by atoms with E-state index in [1.54, 1.807) is 22.1 Å². The van der Waals surface area contributed by atoms with E-state index < -0.39 is 0 Å². The highest BCUT2D eigenvalue weighted by atomic mass is 16.2. The van der Waals surface area contributed by atoms with Gasteiger partial charge in [0.1, 0.15) is 12.7 Å². The maximum Gasteiger partial charge on any atom is 0.242 e. The van der Waals surface area contributed by atoms with Crippen LogP contribution in [0.15, 0.2) is 36.9 Å². The third-order valence-electron chi connectivity index (χ3n) is 4.61. The lowest BCUT2D eigenvalue weighted by Gasteiger charge is -2.34. The zero-order valence-corrected chi connectivity index (χ0v) is 13.3. The molecule has 0 N–H and O–H groups in total. The van der Waals surface area contributed by atoms with E-state index in [0.29, 0.717) is 25.6 Å². The smallest absolute Gasteiger partial charge is 0.242 e. The van der Waals surface area contributed by atoms with E-state index in [1.807, 2.05) is 29.2 Å². The van der Waals surface area contributed by atoms with Gasteiger partial charge in [-0.1, -0.05) is 12.1 Å². The minimum Gasteiger partial charge on any atom is -0.336 e. The number of aromatic nitrogens is 3. The number of benzene rings is 1. The van der Waals surface area contributed by atoms with Gasteiger partial charge in [-0.3, -0.25) is 14.2 Å². The Labute approximate surface area is 139 Å². The van der Waals surface area contributed by atoms with Gasteiger partial charge in [0, 0.05) is 24.8 Å². The minimum absolute atomic E-state index is 0.0100. The van der Waals surface area contributed by atoms with Gasteiger partial charge in [-0.05, 0) is 30.5 Å². The SMILES string of the molecule is O=C(Cc1ccc(-n2cnnc2)cc1)N1CCN(C2CC2)C(=O)C1. The maximum atomic E-state index is 12.4. The maximum absolute atomic E-state index is 12.4. The first-order chi connectivity index (χ1) is 11.7. The van der Waals surface area contributed by atoms with Crippen molar-refractivity contribution >= 4 is 11.8 Å². The highest BCUT2D eigenvalue weighted by molar-refractivity contribution is 5.87. The van der Waals surface area contributed by atoms with Crippen molar-refractivity contribution in [3.63, 3.8) is 0 Å². The molecule has 1 aromatic carbocycles. The number of hydrogen-bond acceptors (Lipinski definition) is 4. The number of piperazine rings is 1. The van der Waals surface area contributed by atoms with Gasteiger partial charge >= 0.3 is 0 Å². The largest absolute Gasteiger partial charge is 0.336 e. The van der Waals surface area contributed by atoms with Crippen LogP contribution in [0.4, 0.5) is 0 Å². The van der Waals surface area contributed by atoms with Crippen molar-refractivity contribution in [2.45, 2.75) is 25.3 Å². The Balaban J connectivity index is 1.36. The lowest BCUT2D eigenvalue weighted by Crippen LogP contribution is -2.53. The summed E-state index contributed by atoms with van der Waals surface area (Å²) in [5, 5.41) is 7.55. The molecule has 1 aliphatic heterocycles.